The molecule has 3 aromatic rings. The van der Waals surface area contributed by atoms with Crippen molar-refractivity contribution < 1.29 is 9.13 Å². The summed E-state index contributed by atoms with van der Waals surface area (Å²) in [7, 11) is 1.40. The van der Waals surface area contributed by atoms with Gasteiger partial charge in [0.15, 0.2) is 5.82 Å². The second-order valence-corrected chi connectivity index (χ2v) is 3.85. The summed E-state index contributed by atoms with van der Waals surface area (Å²) in [6.45, 7) is 0. The van der Waals surface area contributed by atoms with E-state index in [1.165, 1.54) is 31.5 Å². The molecule has 2 aromatic heterocycles. The van der Waals surface area contributed by atoms with E-state index in [9.17, 15) is 9.18 Å². The summed E-state index contributed by atoms with van der Waals surface area (Å²) in [5.74, 6) is -0.353. The summed E-state index contributed by atoms with van der Waals surface area (Å²) >= 11 is 0. The zero-order valence-electron chi connectivity index (χ0n) is 9.92. The number of benzene rings is 1. The number of nitrogens with zero attached hydrogens (tertiary/aromatic N) is 3. The second kappa shape index (κ2) is 4.20. The molecule has 19 heavy (non-hydrogen) atoms. The number of aromatic nitrogens is 4. The topological polar surface area (TPSA) is 72.8 Å². The lowest BCUT2D eigenvalue weighted by Crippen LogP contribution is -2.21. The van der Waals surface area contributed by atoms with E-state index in [1.807, 2.05) is 0 Å². The van der Waals surface area contributed by atoms with Gasteiger partial charge in [0.05, 0.1) is 18.8 Å². The molecular weight excluding hydrogens is 251 g/mol. The summed E-state index contributed by atoms with van der Waals surface area (Å²) < 4.78 is 20.0. The molecular formula is C12H9FN4O2. The molecule has 96 valence electrons. The van der Waals surface area contributed by atoms with Gasteiger partial charge in [-0.25, -0.2) is 4.39 Å². The first-order valence-electron chi connectivity index (χ1n) is 5.47. The van der Waals surface area contributed by atoms with Crippen molar-refractivity contribution >= 4 is 11.0 Å². The van der Waals surface area contributed by atoms with E-state index in [2.05, 4.69) is 15.3 Å². The molecule has 6 nitrogen and oxygen atoms in total. The van der Waals surface area contributed by atoms with Gasteiger partial charge in [-0.15, -0.1) is 0 Å². The standard InChI is InChI=1S/C12H9FN4O2/c1-19-10-4-2-3-7(13)12(10)17-11(18)5-8-9(16-17)6-14-15-8/h2-6,15H,1H3. The number of H-pyrrole nitrogens is 1. The number of methoxy groups -OCH3 is 1. The first-order valence-corrected chi connectivity index (χ1v) is 5.47. The lowest BCUT2D eigenvalue weighted by molar-refractivity contribution is 0.406. The zero-order valence-corrected chi connectivity index (χ0v) is 9.92. The Morgan fingerprint density at radius 3 is 3.05 bits per heavy atom. The molecule has 3 rings (SSSR count). The lowest BCUT2D eigenvalue weighted by Gasteiger charge is -2.10. The molecule has 0 aliphatic carbocycles. The van der Waals surface area contributed by atoms with Crippen LogP contribution < -0.4 is 10.3 Å². The number of rotatable bonds is 2. The van der Waals surface area contributed by atoms with Gasteiger partial charge in [-0.1, -0.05) is 6.07 Å². The third-order valence-corrected chi connectivity index (χ3v) is 2.71. The molecule has 7 heteroatoms. The van der Waals surface area contributed by atoms with Crippen LogP contribution in [0.4, 0.5) is 4.39 Å². The third-order valence-electron chi connectivity index (χ3n) is 2.71. The minimum absolute atomic E-state index is 0.0156. The minimum Gasteiger partial charge on any atom is -0.494 e. The molecule has 0 radical (unpaired) electrons. The SMILES string of the molecule is COc1cccc(F)c1-n1nc2cn[nH]c2cc1=O. The molecule has 0 aliphatic heterocycles. The molecule has 0 bridgehead atoms. The Bertz CT molecular complexity index is 809. The van der Waals surface area contributed by atoms with E-state index in [4.69, 9.17) is 4.74 Å². The lowest BCUT2D eigenvalue weighted by atomic mass is 10.2. The fourth-order valence-electron chi connectivity index (χ4n) is 1.84. The Morgan fingerprint density at radius 1 is 1.42 bits per heavy atom. The molecule has 2 heterocycles. The van der Waals surface area contributed by atoms with Crippen LogP contribution in [0.1, 0.15) is 0 Å². The molecule has 0 aliphatic rings. The van der Waals surface area contributed by atoms with Crippen molar-refractivity contribution in [3.63, 3.8) is 0 Å². The van der Waals surface area contributed by atoms with E-state index in [0.717, 1.165) is 4.68 Å². The predicted molar refractivity (Wildman–Crippen MR) is 66.0 cm³/mol. The number of nitrogens with one attached hydrogen (secondary N) is 1. The summed E-state index contributed by atoms with van der Waals surface area (Å²) in [4.78, 5) is 12.0. The predicted octanol–water partition coefficient (Wildman–Crippen LogP) is 1.26. The maximum absolute atomic E-state index is 13.9. The molecule has 0 fully saturated rings. The van der Waals surface area contributed by atoms with Gasteiger partial charge >= 0.3 is 0 Å². The smallest absolute Gasteiger partial charge is 0.273 e. The van der Waals surface area contributed by atoms with E-state index in [0.29, 0.717) is 11.0 Å². The van der Waals surface area contributed by atoms with Crippen LogP contribution in [0.5, 0.6) is 5.75 Å². The van der Waals surface area contributed by atoms with E-state index >= 15 is 0 Å². The van der Waals surface area contributed by atoms with Gasteiger partial charge in [0.2, 0.25) is 0 Å². The molecule has 0 atom stereocenters. The number of para-hydroxylation sites is 1. The van der Waals surface area contributed by atoms with Crippen molar-refractivity contribution in [2.75, 3.05) is 7.11 Å². The van der Waals surface area contributed by atoms with Crippen LogP contribution in [0.3, 0.4) is 0 Å². The van der Waals surface area contributed by atoms with Gasteiger partial charge in [-0.05, 0) is 12.1 Å². The van der Waals surface area contributed by atoms with Crippen LogP contribution in [0.2, 0.25) is 0 Å². The van der Waals surface area contributed by atoms with Crippen LogP contribution in [0.15, 0.2) is 35.3 Å². The second-order valence-electron chi connectivity index (χ2n) is 3.85. The molecule has 0 amide bonds. The van der Waals surface area contributed by atoms with Gasteiger partial charge in [-0.3, -0.25) is 9.89 Å². The van der Waals surface area contributed by atoms with Crippen LogP contribution >= 0.6 is 0 Å². The molecule has 0 unspecified atom stereocenters. The van der Waals surface area contributed by atoms with Crippen LogP contribution in [-0.4, -0.2) is 27.1 Å². The fraction of sp³-hybridized carbons (Fsp3) is 0.0833. The van der Waals surface area contributed by atoms with Crippen LogP contribution in [-0.2, 0) is 0 Å². The average molecular weight is 260 g/mol. The van der Waals surface area contributed by atoms with Gasteiger partial charge in [0.25, 0.3) is 5.56 Å². The first-order chi connectivity index (χ1) is 9.20. The van der Waals surface area contributed by atoms with Crippen LogP contribution in [0.25, 0.3) is 16.7 Å². The van der Waals surface area contributed by atoms with Gasteiger partial charge < -0.3 is 4.74 Å². The van der Waals surface area contributed by atoms with Crippen molar-refractivity contribution in [1.82, 2.24) is 20.0 Å². The van der Waals surface area contributed by atoms with E-state index in [1.54, 1.807) is 6.07 Å². The number of aromatic amines is 1. The molecule has 0 saturated heterocycles. The van der Waals surface area contributed by atoms with Crippen molar-refractivity contribution in [1.29, 1.82) is 0 Å². The first kappa shape index (κ1) is 11.4. The summed E-state index contributed by atoms with van der Waals surface area (Å²) in [6.07, 6.45) is 1.46. The largest absolute Gasteiger partial charge is 0.494 e. The Morgan fingerprint density at radius 2 is 2.26 bits per heavy atom. The fourth-order valence-corrected chi connectivity index (χ4v) is 1.84. The van der Waals surface area contributed by atoms with Gasteiger partial charge in [0.1, 0.15) is 17.0 Å². The third kappa shape index (κ3) is 1.75. The highest BCUT2D eigenvalue weighted by Gasteiger charge is 2.15. The van der Waals surface area contributed by atoms with Gasteiger partial charge in [-0.2, -0.15) is 14.9 Å². The maximum Gasteiger partial charge on any atom is 0.273 e. The number of hydrogen-bond donors (Lipinski definition) is 1. The molecule has 0 spiro atoms. The Labute approximate surface area is 106 Å². The highest BCUT2D eigenvalue weighted by atomic mass is 19.1. The molecule has 1 N–H and O–H groups in total. The number of halogens is 1. The monoisotopic (exact) mass is 260 g/mol. The summed E-state index contributed by atoms with van der Waals surface area (Å²) in [5.41, 5.74) is 0.472. The highest BCUT2D eigenvalue weighted by molar-refractivity contribution is 5.72. The van der Waals surface area contributed by atoms with Crippen molar-refractivity contribution in [3.05, 3.63) is 46.6 Å². The normalized spacial score (nSPS) is 10.8. The van der Waals surface area contributed by atoms with E-state index < -0.39 is 11.4 Å². The number of ether oxygens (including phenoxy) is 1. The van der Waals surface area contributed by atoms with Crippen LogP contribution in [0, 0.1) is 5.82 Å². The molecule has 1 aromatic carbocycles. The summed E-state index contributed by atoms with van der Waals surface area (Å²) in [6, 6.07) is 5.61. The number of fused-ring (bicyclic) bond motifs is 1. The van der Waals surface area contributed by atoms with Crippen molar-refractivity contribution in [2.45, 2.75) is 0 Å². The highest BCUT2D eigenvalue weighted by Crippen LogP contribution is 2.23. The Hall–Kier alpha value is -2.70. The Kier molecular flexibility index (Phi) is 2.52. The minimum atomic E-state index is -0.586. The zero-order chi connectivity index (χ0) is 13.4. The number of hydrogen-bond acceptors (Lipinski definition) is 4. The van der Waals surface area contributed by atoms with Gasteiger partial charge in [0, 0.05) is 6.07 Å². The van der Waals surface area contributed by atoms with Crippen molar-refractivity contribution in [2.24, 2.45) is 0 Å². The Balaban J connectivity index is 2.35. The molecule has 0 saturated carbocycles. The van der Waals surface area contributed by atoms with E-state index in [-0.39, 0.29) is 11.4 Å². The van der Waals surface area contributed by atoms with Crippen molar-refractivity contribution in [3.8, 4) is 11.4 Å². The summed E-state index contributed by atoms with van der Waals surface area (Å²) in [5, 5.41) is 10.5. The average Bonchev–Trinajstić information content (AvgIpc) is 2.84. The maximum atomic E-state index is 13.9. The quantitative estimate of drug-likeness (QED) is 0.752.